The molecule has 1 aliphatic heterocycles. The molecule has 1 aliphatic rings. The van der Waals surface area contributed by atoms with Crippen molar-refractivity contribution in [3.63, 3.8) is 0 Å². The van der Waals surface area contributed by atoms with Crippen molar-refractivity contribution in [2.75, 3.05) is 4.90 Å². The van der Waals surface area contributed by atoms with Crippen LogP contribution >= 0.6 is 0 Å². The molecule has 3 aromatic carbocycles. The lowest BCUT2D eigenvalue weighted by atomic mass is 10.1. The van der Waals surface area contributed by atoms with Crippen molar-refractivity contribution in [3.05, 3.63) is 99.9 Å². The molecule has 0 aromatic heterocycles. The van der Waals surface area contributed by atoms with E-state index in [9.17, 15) is 37.3 Å². The number of carbonyl (C=O) groups is 3. The summed E-state index contributed by atoms with van der Waals surface area (Å²) >= 11 is 0. The van der Waals surface area contributed by atoms with Gasteiger partial charge in [-0.3, -0.25) is 24.5 Å². The van der Waals surface area contributed by atoms with Crippen LogP contribution in [0.1, 0.15) is 22.3 Å². The Kier molecular flexibility index (Phi) is 6.83. The van der Waals surface area contributed by atoms with Gasteiger partial charge in [0.2, 0.25) is 15.9 Å². The second-order valence-corrected chi connectivity index (χ2v) is 9.75. The van der Waals surface area contributed by atoms with Gasteiger partial charge in [0.25, 0.3) is 17.5 Å². The zero-order valence-electron chi connectivity index (χ0n) is 19.0. The third-order valence-electron chi connectivity index (χ3n) is 5.77. The van der Waals surface area contributed by atoms with Gasteiger partial charge in [0.15, 0.2) is 0 Å². The second-order valence-electron chi connectivity index (χ2n) is 8.19. The van der Waals surface area contributed by atoms with Gasteiger partial charge in [-0.05, 0) is 54.1 Å². The van der Waals surface area contributed by atoms with Crippen LogP contribution in [0.2, 0.25) is 0 Å². The molecular weight excluding hydrogens is 507 g/mol. The van der Waals surface area contributed by atoms with Gasteiger partial charge >= 0.3 is 0 Å². The molecule has 1 heterocycles. The first-order chi connectivity index (χ1) is 17.5. The highest BCUT2D eigenvalue weighted by Gasteiger charge is 2.44. The predicted octanol–water partition coefficient (Wildman–Crippen LogP) is 2.36. The van der Waals surface area contributed by atoms with Crippen molar-refractivity contribution >= 4 is 39.1 Å². The van der Waals surface area contributed by atoms with Crippen molar-refractivity contribution in [1.82, 2.24) is 4.90 Å². The van der Waals surface area contributed by atoms with Gasteiger partial charge in [-0.25, -0.2) is 22.8 Å². The zero-order chi connectivity index (χ0) is 26.9. The highest BCUT2D eigenvalue weighted by molar-refractivity contribution is 7.89. The predicted molar refractivity (Wildman–Crippen MR) is 128 cm³/mol. The maximum atomic E-state index is 13.5. The monoisotopic (exact) mass is 526 g/mol. The smallest absolute Gasteiger partial charge is 0.269 e. The van der Waals surface area contributed by atoms with E-state index < -0.39 is 44.5 Å². The Morgan fingerprint density at radius 1 is 1.03 bits per heavy atom. The van der Waals surface area contributed by atoms with E-state index in [-0.39, 0.29) is 34.8 Å². The Bertz CT molecular complexity index is 1490. The van der Waals surface area contributed by atoms with Crippen LogP contribution in [0, 0.1) is 15.9 Å². The molecule has 0 aliphatic carbocycles. The molecule has 11 nitrogen and oxygen atoms in total. The summed E-state index contributed by atoms with van der Waals surface area (Å²) in [5, 5.41) is 16.1. The van der Waals surface area contributed by atoms with Crippen LogP contribution in [0.15, 0.2) is 77.7 Å². The van der Waals surface area contributed by atoms with Crippen molar-refractivity contribution < 1.29 is 32.1 Å². The second kappa shape index (κ2) is 9.87. The molecule has 190 valence electrons. The number of primary sulfonamides is 1. The van der Waals surface area contributed by atoms with Crippen LogP contribution in [-0.4, -0.2) is 42.0 Å². The number of nitro groups is 1. The van der Waals surface area contributed by atoms with Crippen LogP contribution < -0.4 is 10.0 Å². The number of imide groups is 1. The standard InChI is InChI=1S/C24H19FN4O7S/c25-17-5-1-15(2-6-17)14-27(23(31)16-3-7-19(8-4-16)29(33)34)21-13-22(30)28(24(21)32)18-9-11-20(12-10-18)37(26,35)36/h1-12,21H,13-14H2,(H2,26,35,36). The summed E-state index contributed by atoms with van der Waals surface area (Å²) in [5.41, 5.74) is 0.383. The van der Waals surface area contributed by atoms with E-state index in [1.165, 1.54) is 48.5 Å². The first-order valence-electron chi connectivity index (χ1n) is 10.8. The fraction of sp³-hybridized carbons (Fsp3) is 0.125. The number of nitrogens with two attached hydrogens (primary N) is 1. The minimum atomic E-state index is -3.99. The van der Waals surface area contributed by atoms with Gasteiger partial charge in [0.1, 0.15) is 11.9 Å². The maximum absolute atomic E-state index is 13.5. The topological polar surface area (TPSA) is 161 Å². The molecule has 2 N–H and O–H groups in total. The van der Waals surface area contributed by atoms with Crippen LogP contribution in [0.25, 0.3) is 0 Å². The summed E-state index contributed by atoms with van der Waals surface area (Å²) in [5.74, 6) is -2.53. The lowest BCUT2D eigenvalue weighted by Gasteiger charge is -2.28. The number of carbonyl (C=O) groups excluding carboxylic acids is 3. The SMILES string of the molecule is NS(=O)(=O)c1ccc(N2C(=O)CC(N(Cc3ccc(F)cc3)C(=O)c3ccc([N+](=O)[O-])cc3)C2=O)cc1. The fourth-order valence-electron chi connectivity index (χ4n) is 3.92. The summed E-state index contributed by atoms with van der Waals surface area (Å²) in [4.78, 5) is 51.8. The van der Waals surface area contributed by atoms with Crippen molar-refractivity contribution in [3.8, 4) is 0 Å². The average molecular weight is 527 g/mol. The van der Waals surface area contributed by atoms with Gasteiger partial charge < -0.3 is 4.90 Å². The van der Waals surface area contributed by atoms with Crippen LogP contribution in [-0.2, 0) is 26.2 Å². The molecule has 4 rings (SSSR count). The first kappa shape index (κ1) is 25.6. The molecule has 0 radical (unpaired) electrons. The Labute approximate surface area is 210 Å². The van der Waals surface area contributed by atoms with E-state index in [0.717, 1.165) is 34.1 Å². The quantitative estimate of drug-likeness (QED) is 0.281. The molecule has 1 atom stereocenters. The van der Waals surface area contributed by atoms with E-state index in [1.54, 1.807) is 0 Å². The van der Waals surface area contributed by atoms with Crippen molar-refractivity contribution in [2.45, 2.75) is 23.9 Å². The highest BCUT2D eigenvalue weighted by atomic mass is 32.2. The molecule has 1 unspecified atom stereocenters. The first-order valence-corrected chi connectivity index (χ1v) is 12.3. The molecular formula is C24H19FN4O7S. The molecule has 0 spiro atoms. The number of benzene rings is 3. The number of nitrogens with zero attached hydrogens (tertiary/aromatic N) is 3. The number of halogens is 1. The van der Waals surface area contributed by atoms with Crippen LogP contribution in [0.4, 0.5) is 15.8 Å². The molecule has 3 aromatic rings. The molecule has 37 heavy (non-hydrogen) atoms. The van der Waals surface area contributed by atoms with E-state index in [1.807, 2.05) is 0 Å². The Morgan fingerprint density at radius 2 is 1.62 bits per heavy atom. The third-order valence-corrected chi connectivity index (χ3v) is 6.70. The largest absolute Gasteiger partial charge is 0.322 e. The van der Waals surface area contributed by atoms with Crippen molar-refractivity contribution in [2.24, 2.45) is 5.14 Å². The number of nitro benzene ring substituents is 1. The van der Waals surface area contributed by atoms with Gasteiger partial charge in [-0.15, -0.1) is 0 Å². The molecule has 13 heteroatoms. The highest BCUT2D eigenvalue weighted by Crippen LogP contribution is 2.29. The summed E-state index contributed by atoms with van der Waals surface area (Å²) < 4.78 is 36.5. The van der Waals surface area contributed by atoms with E-state index in [0.29, 0.717) is 5.56 Å². The van der Waals surface area contributed by atoms with Crippen LogP contribution in [0.5, 0.6) is 0 Å². The molecule has 0 saturated carbocycles. The minimum Gasteiger partial charge on any atom is -0.322 e. The molecule has 1 saturated heterocycles. The lowest BCUT2D eigenvalue weighted by Crippen LogP contribution is -2.45. The number of anilines is 1. The summed E-state index contributed by atoms with van der Waals surface area (Å²) in [6, 6.07) is 13.6. The van der Waals surface area contributed by atoms with Gasteiger partial charge in [0.05, 0.1) is 21.9 Å². The maximum Gasteiger partial charge on any atom is 0.269 e. The number of hydrogen-bond acceptors (Lipinski definition) is 7. The van der Waals surface area contributed by atoms with Crippen LogP contribution in [0.3, 0.4) is 0 Å². The number of amides is 3. The lowest BCUT2D eigenvalue weighted by molar-refractivity contribution is -0.384. The van der Waals surface area contributed by atoms with Gasteiger partial charge in [-0.2, -0.15) is 0 Å². The molecule has 1 fully saturated rings. The number of rotatable bonds is 7. The Balaban J connectivity index is 1.68. The van der Waals surface area contributed by atoms with E-state index in [4.69, 9.17) is 5.14 Å². The minimum absolute atomic E-state index is 0.0453. The number of sulfonamides is 1. The summed E-state index contributed by atoms with van der Waals surface area (Å²) in [6.07, 6.45) is -0.365. The van der Waals surface area contributed by atoms with Crippen molar-refractivity contribution in [1.29, 1.82) is 0 Å². The Morgan fingerprint density at radius 3 is 2.16 bits per heavy atom. The normalized spacial score (nSPS) is 15.6. The summed E-state index contributed by atoms with van der Waals surface area (Å²) in [7, 11) is -3.99. The van der Waals surface area contributed by atoms with E-state index >= 15 is 0 Å². The fourth-order valence-corrected chi connectivity index (χ4v) is 4.43. The van der Waals surface area contributed by atoms with E-state index in [2.05, 4.69) is 0 Å². The van der Waals surface area contributed by atoms with Gasteiger partial charge in [-0.1, -0.05) is 12.1 Å². The summed E-state index contributed by atoms with van der Waals surface area (Å²) in [6.45, 7) is -0.155. The molecule has 3 amide bonds. The number of hydrogen-bond donors (Lipinski definition) is 1. The average Bonchev–Trinajstić information content (AvgIpc) is 3.16. The zero-order valence-corrected chi connectivity index (χ0v) is 19.8. The van der Waals surface area contributed by atoms with Gasteiger partial charge in [0, 0.05) is 24.2 Å². The molecule has 0 bridgehead atoms. The third kappa shape index (κ3) is 5.37. The number of non-ortho nitro benzene ring substituents is 1. The Hall–Kier alpha value is -4.49.